The van der Waals surface area contributed by atoms with E-state index in [0.29, 0.717) is 19.4 Å². The van der Waals surface area contributed by atoms with Gasteiger partial charge in [-0.1, -0.05) is 0 Å². The summed E-state index contributed by atoms with van der Waals surface area (Å²) in [5.41, 5.74) is -0.712. The largest absolute Gasteiger partial charge is 0.480 e. The predicted octanol–water partition coefficient (Wildman–Crippen LogP) is 0.230. The minimum Gasteiger partial charge on any atom is -0.480 e. The summed E-state index contributed by atoms with van der Waals surface area (Å²) in [5.74, 6) is -0.753. The molecule has 2 N–H and O–H groups in total. The van der Waals surface area contributed by atoms with Gasteiger partial charge in [0.15, 0.2) is 0 Å². The Balaban J connectivity index is 2.53. The molecule has 70 valence electrons. The van der Waals surface area contributed by atoms with Crippen LogP contribution < -0.4 is 5.32 Å². The minimum absolute atomic E-state index is 0.499. The van der Waals surface area contributed by atoms with Crippen LogP contribution >= 0.6 is 0 Å². The summed E-state index contributed by atoms with van der Waals surface area (Å²) in [6.45, 7) is 1.30. The average Bonchev–Trinajstić information content (AvgIpc) is 2.50. The summed E-state index contributed by atoms with van der Waals surface area (Å²) in [4.78, 5) is 10.9. The van der Waals surface area contributed by atoms with Gasteiger partial charge in [-0.25, -0.2) is 0 Å². The van der Waals surface area contributed by atoms with Gasteiger partial charge in [-0.05, 0) is 25.8 Å². The predicted molar refractivity (Wildman–Crippen MR) is 44.1 cm³/mol. The number of carboxylic acid groups (broad SMARTS) is 1. The SMILES string of the molecule is COCC[C@]1(C(=O)O)CCCN1. The fourth-order valence-electron chi connectivity index (χ4n) is 1.59. The van der Waals surface area contributed by atoms with Crippen LogP contribution in [0.3, 0.4) is 0 Å². The Bertz CT molecular complexity index is 164. The van der Waals surface area contributed by atoms with E-state index in [4.69, 9.17) is 9.84 Å². The molecule has 0 unspecified atom stereocenters. The highest BCUT2D eigenvalue weighted by atomic mass is 16.5. The van der Waals surface area contributed by atoms with Crippen LogP contribution in [0.2, 0.25) is 0 Å². The second-order valence-corrected chi connectivity index (χ2v) is 3.16. The van der Waals surface area contributed by atoms with E-state index in [1.165, 1.54) is 0 Å². The summed E-state index contributed by atoms with van der Waals surface area (Å²) in [6.07, 6.45) is 2.21. The molecule has 1 aliphatic heterocycles. The second-order valence-electron chi connectivity index (χ2n) is 3.16. The molecule has 1 saturated heterocycles. The molecule has 0 aromatic carbocycles. The number of ether oxygens (including phenoxy) is 1. The molecule has 0 spiro atoms. The maximum atomic E-state index is 10.9. The lowest BCUT2D eigenvalue weighted by atomic mass is 9.94. The highest BCUT2D eigenvalue weighted by molar-refractivity contribution is 5.79. The summed E-state index contributed by atoms with van der Waals surface area (Å²) < 4.78 is 4.88. The van der Waals surface area contributed by atoms with Gasteiger partial charge in [0.1, 0.15) is 5.54 Å². The van der Waals surface area contributed by atoms with Crippen LogP contribution in [-0.2, 0) is 9.53 Å². The molecule has 1 heterocycles. The molecule has 0 aliphatic carbocycles. The van der Waals surface area contributed by atoms with Crippen molar-refractivity contribution < 1.29 is 14.6 Å². The van der Waals surface area contributed by atoms with Crippen LogP contribution in [0, 0.1) is 0 Å². The van der Waals surface area contributed by atoms with Crippen molar-refractivity contribution in [3.05, 3.63) is 0 Å². The molecule has 0 saturated carbocycles. The maximum absolute atomic E-state index is 10.9. The summed E-state index contributed by atoms with van der Waals surface area (Å²) in [7, 11) is 1.59. The van der Waals surface area contributed by atoms with E-state index in [0.717, 1.165) is 13.0 Å². The number of aliphatic carboxylic acids is 1. The van der Waals surface area contributed by atoms with Crippen molar-refractivity contribution in [3.63, 3.8) is 0 Å². The number of hydrogen-bond donors (Lipinski definition) is 2. The number of nitrogens with one attached hydrogen (secondary N) is 1. The van der Waals surface area contributed by atoms with Crippen LogP contribution in [0.1, 0.15) is 19.3 Å². The van der Waals surface area contributed by atoms with Gasteiger partial charge in [0.05, 0.1) is 0 Å². The zero-order valence-corrected chi connectivity index (χ0v) is 7.30. The van der Waals surface area contributed by atoms with E-state index >= 15 is 0 Å². The Labute approximate surface area is 71.9 Å². The molecule has 0 amide bonds. The van der Waals surface area contributed by atoms with Gasteiger partial charge < -0.3 is 15.2 Å². The first-order valence-electron chi connectivity index (χ1n) is 4.19. The van der Waals surface area contributed by atoms with E-state index in [9.17, 15) is 4.79 Å². The monoisotopic (exact) mass is 173 g/mol. The van der Waals surface area contributed by atoms with E-state index in [1.807, 2.05) is 0 Å². The third-order valence-corrected chi connectivity index (χ3v) is 2.39. The molecule has 0 bridgehead atoms. The van der Waals surface area contributed by atoms with Gasteiger partial charge in [0.25, 0.3) is 0 Å². The summed E-state index contributed by atoms with van der Waals surface area (Å²) in [6, 6.07) is 0. The third-order valence-electron chi connectivity index (χ3n) is 2.39. The zero-order chi connectivity index (χ0) is 9.03. The first-order chi connectivity index (χ1) is 5.71. The highest BCUT2D eigenvalue weighted by Gasteiger charge is 2.40. The maximum Gasteiger partial charge on any atom is 0.323 e. The van der Waals surface area contributed by atoms with Crippen LogP contribution in [0.5, 0.6) is 0 Å². The Morgan fingerprint density at radius 2 is 2.50 bits per heavy atom. The zero-order valence-electron chi connectivity index (χ0n) is 7.30. The standard InChI is InChI=1S/C8H15NO3/c1-12-6-4-8(7(10)11)3-2-5-9-8/h9H,2-6H2,1H3,(H,10,11)/t8-/m0/s1. The molecule has 4 nitrogen and oxygen atoms in total. The fraction of sp³-hybridized carbons (Fsp3) is 0.875. The Morgan fingerprint density at radius 1 is 1.75 bits per heavy atom. The number of hydrogen-bond acceptors (Lipinski definition) is 3. The van der Waals surface area contributed by atoms with Gasteiger partial charge in [-0.2, -0.15) is 0 Å². The molecule has 12 heavy (non-hydrogen) atoms. The number of rotatable bonds is 4. The van der Waals surface area contributed by atoms with E-state index < -0.39 is 11.5 Å². The molecule has 0 aromatic rings. The third kappa shape index (κ3) is 1.76. The average molecular weight is 173 g/mol. The van der Waals surface area contributed by atoms with Crippen molar-refractivity contribution in [2.75, 3.05) is 20.3 Å². The van der Waals surface area contributed by atoms with Crippen molar-refractivity contribution in [1.29, 1.82) is 0 Å². The van der Waals surface area contributed by atoms with Crippen LogP contribution in [0.15, 0.2) is 0 Å². The van der Waals surface area contributed by atoms with Crippen molar-refractivity contribution in [2.45, 2.75) is 24.8 Å². The van der Waals surface area contributed by atoms with Crippen molar-refractivity contribution in [1.82, 2.24) is 5.32 Å². The van der Waals surface area contributed by atoms with Crippen molar-refractivity contribution in [2.24, 2.45) is 0 Å². The van der Waals surface area contributed by atoms with E-state index in [1.54, 1.807) is 7.11 Å². The lowest BCUT2D eigenvalue weighted by molar-refractivity contribution is -0.145. The molecule has 0 aromatic heterocycles. The van der Waals surface area contributed by atoms with E-state index in [-0.39, 0.29) is 0 Å². The molecule has 1 aliphatic rings. The van der Waals surface area contributed by atoms with Crippen LogP contribution in [0.25, 0.3) is 0 Å². The number of carboxylic acids is 1. The molecule has 4 heteroatoms. The van der Waals surface area contributed by atoms with Gasteiger partial charge in [-0.3, -0.25) is 4.79 Å². The van der Waals surface area contributed by atoms with Gasteiger partial charge in [0.2, 0.25) is 0 Å². The Morgan fingerprint density at radius 3 is 2.92 bits per heavy atom. The molecule has 1 rings (SSSR count). The number of carbonyl (C=O) groups is 1. The van der Waals surface area contributed by atoms with Crippen LogP contribution in [-0.4, -0.2) is 36.9 Å². The smallest absolute Gasteiger partial charge is 0.323 e. The number of methoxy groups -OCH3 is 1. The summed E-state index contributed by atoms with van der Waals surface area (Å²) in [5, 5.41) is 12.0. The van der Waals surface area contributed by atoms with Crippen LogP contribution in [0.4, 0.5) is 0 Å². The molecule has 0 radical (unpaired) electrons. The van der Waals surface area contributed by atoms with Crippen molar-refractivity contribution >= 4 is 5.97 Å². The first kappa shape index (κ1) is 9.48. The lowest BCUT2D eigenvalue weighted by Crippen LogP contribution is -2.48. The Hall–Kier alpha value is -0.610. The normalized spacial score (nSPS) is 29.1. The second kappa shape index (κ2) is 3.87. The summed E-state index contributed by atoms with van der Waals surface area (Å²) >= 11 is 0. The molecule has 1 atom stereocenters. The topological polar surface area (TPSA) is 58.6 Å². The van der Waals surface area contributed by atoms with Gasteiger partial charge >= 0.3 is 5.97 Å². The molecular weight excluding hydrogens is 158 g/mol. The quantitative estimate of drug-likeness (QED) is 0.639. The molecular formula is C8H15NO3. The van der Waals surface area contributed by atoms with Crippen molar-refractivity contribution in [3.8, 4) is 0 Å². The highest BCUT2D eigenvalue weighted by Crippen LogP contribution is 2.23. The first-order valence-corrected chi connectivity index (χ1v) is 4.19. The fourth-order valence-corrected chi connectivity index (χ4v) is 1.59. The van der Waals surface area contributed by atoms with Gasteiger partial charge in [0, 0.05) is 13.7 Å². The molecule has 1 fully saturated rings. The van der Waals surface area contributed by atoms with E-state index in [2.05, 4.69) is 5.32 Å². The minimum atomic E-state index is -0.753. The van der Waals surface area contributed by atoms with Gasteiger partial charge in [-0.15, -0.1) is 0 Å². The lowest BCUT2D eigenvalue weighted by Gasteiger charge is -2.23. The Kier molecular flexibility index (Phi) is 3.05.